The highest BCUT2D eigenvalue weighted by molar-refractivity contribution is 6.23. The molecule has 0 spiro atoms. The van der Waals surface area contributed by atoms with Gasteiger partial charge in [0.2, 0.25) is 12.2 Å². The van der Waals surface area contributed by atoms with E-state index in [1.807, 2.05) is 0 Å². The highest BCUT2D eigenvalue weighted by Crippen LogP contribution is 2.08. The third kappa shape index (κ3) is 18.7. The van der Waals surface area contributed by atoms with E-state index in [4.69, 9.17) is 0 Å². The van der Waals surface area contributed by atoms with Gasteiger partial charge in [0.05, 0.1) is 0 Å². The zero-order chi connectivity index (χ0) is 19.3. The van der Waals surface area contributed by atoms with Crippen molar-refractivity contribution in [3.8, 4) is 0 Å². The van der Waals surface area contributed by atoms with Crippen LogP contribution in [0.15, 0.2) is 12.2 Å². The van der Waals surface area contributed by atoms with Crippen molar-refractivity contribution in [3.63, 3.8) is 0 Å². The first-order valence-corrected chi connectivity index (χ1v) is 10.4. The summed E-state index contributed by atoms with van der Waals surface area (Å²) in [6.07, 6.45) is 19.5. The molecule has 0 saturated carbocycles. The van der Waals surface area contributed by atoms with E-state index >= 15 is 0 Å². The molecule has 0 atom stereocenters. The molecule has 0 unspecified atom stereocenters. The Bertz CT molecular complexity index is 395. The topological polar surface area (TPSA) is 75.3 Å². The maximum absolute atomic E-state index is 11.6. The largest absolute Gasteiger partial charge is 0.356 e. The summed E-state index contributed by atoms with van der Waals surface area (Å²) in [4.78, 5) is 32.4. The van der Waals surface area contributed by atoms with Crippen LogP contribution in [0.25, 0.3) is 0 Å². The fraction of sp³-hybridized carbons (Fsp3) is 0.762. The van der Waals surface area contributed by atoms with Gasteiger partial charge in [-0.15, -0.1) is 0 Å². The predicted molar refractivity (Wildman–Crippen MR) is 107 cm³/mol. The Balaban J connectivity index is 3.26. The number of amides is 2. The average Bonchev–Trinajstić information content (AvgIpc) is 2.65. The lowest BCUT2D eigenvalue weighted by Crippen LogP contribution is -2.30. The number of unbranched alkanes of at least 4 members (excludes halogenated alkanes) is 9. The predicted octanol–water partition coefficient (Wildman–Crippen LogP) is 4.07. The molecule has 0 bridgehead atoms. The van der Waals surface area contributed by atoms with Crippen molar-refractivity contribution in [2.75, 3.05) is 13.1 Å². The molecular weight excluding hydrogens is 328 g/mol. The molecular formula is C21H38N2O3. The van der Waals surface area contributed by atoms with Crippen LogP contribution in [0.5, 0.6) is 0 Å². The maximum Gasteiger partial charge on any atom is 0.284 e. The van der Waals surface area contributed by atoms with Crippen molar-refractivity contribution in [3.05, 3.63) is 12.2 Å². The molecule has 2 N–H and O–H groups in total. The summed E-state index contributed by atoms with van der Waals surface area (Å²) in [5.41, 5.74) is 0. The molecule has 0 aromatic rings. The van der Waals surface area contributed by atoms with Gasteiger partial charge < -0.3 is 10.6 Å². The minimum absolute atomic E-state index is 0.0673. The number of hydrogen-bond acceptors (Lipinski definition) is 3. The van der Waals surface area contributed by atoms with E-state index < -0.39 is 5.91 Å². The molecule has 0 aromatic heterocycles. The van der Waals surface area contributed by atoms with E-state index in [-0.39, 0.29) is 12.2 Å². The zero-order valence-corrected chi connectivity index (χ0v) is 16.6. The standard InChI is InChI=1S/C21H38N2O3/c1-2-3-4-5-6-7-8-9-10-11-12-13-14-16-20(25)22-17-15-18-23-21(26)19-24/h7-8,19H,2-6,9-18H2,1H3,(H,22,25)(H,23,26)/b8-7-. The first kappa shape index (κ1) is 24.4. The fourth-order valence-corrected chi connectivity index (χ4v) is 2.66. The summed E-state index contributed by atoms with van der Waals surface area (Å²) >= 11 is 0. The molecule has 0 heterocycles. The first-order chi connectivity index (χ1) is 12.7. The zero-order valence-electron chi connectivity index (χ0n) is 16.6. The van der Waals surface area contributed by atoms with Gasteiger partial charge in [-0.25, -0.2) is 0 Å². The molecule has 150 valence electrons. The monoisotopic (exact) mass is 366 g/mol. The van der Waals surface area contributed by atoms with Gasteiger partial charge in [0.15, 0.2) is 0 Å². The second kappa shape index (κ2) is 19.7. The Labute approximate surface area is 159 Å². The highest BCUT2D eigenvalue weighted by atomic mass is 16.2. The lowest BCUT2D eigenvalue weighted by atomic mass is 10.1. The average molecular weight is 367 g/mol. The molecule has 0 aromatic carbocycles. The van der Waals surface area contributed by atoms with Gasteiger partial charge in [-0.3, -0.25) is 14.4 Å². The quantitative estimate of drug-likeness (QED) is 0.166. The van der Waals surface area contributed by atoms with Gasteiger partial charge in [0.25, 0.3) is 5.91 Å². The minimum atomic E-state index is -0.612. The van der Waals surface area contributed by atoms with Gasteiger partial charge >= 0.3 is 0 Å². The van der Waals surface area contributed by atoms with Crippen LogP contribution in [0.3, 0.4) is 0 Å². The van der Waals surface area contributed by atoms with E-state index in [0.717, 1.165) is 12.8 Å². The lowest BCUT2D eigenvalue weighted by Gasteiger charge is -2.05. The SMILES string of the molecule is CCCCCC/C=C\CCCCCCCC(=O)NCCCNC(=O)C=O. The second-order valence-electron chi connectivity index (χ2n) is 6.74. The number of nitrogens with one attached hydrogen (secondary N) is 2. The van der Waals surface area contributed by atoms with Crippen LogP contribution in [0, 0.1) is 0 Å². The third-order valence-corrected chi connectivity index (χ3v) is 4.25. The molecule has 5 nitrogen and oxygen atoms in total. The van der Waals surface area contributed by atoms with E-state index in [0.29, 0.717) is 25.9 Å². The van der Waals surface area contributed by atoms with Gasteiger partial charge in [0, 0.05) is 19.5 Å². The van der Waals surface area contributed by atoms with Crippen LogP contribution < -0.4 is 10.6 Å². The van der Waals surface area contributed by atoms with Crippen LogP contribution in [0.4, 0.5) is 0 Å². The third-order valence-electron chi connectivity index (χ3n) is 4.25. The summed E-state index contributed by atoms with van der Waals surface area (Å²) in [7, 11) is 0. The van der Waals surface area contributed by atoms with Crippen LogP contribution in [0.2, 0.25) is 0 Å². The molecule has 0 aliphatic heterocycles. The Morgan fingerprint density at radius 2 is 1.31 bits per heavy atom. The Kier molecular flexibility index (Phi) is 18.4. The number of carbonyl (C=O) groups excluding carboxylic acids is 3. The Morgan fingerprint density at radius 1 is 0.731 bits per heavy atom. The molecule has 5 heteroatoms. The Morgan fingerprint density at radius 3 is 1.96 bits per heavy atom. The number of rotatable bonds is 18. The molecule has 0 fully saturated rings. The number of hydrogen-bond donors (Lipinski definition) is 2. The number of allylic oxidation sites excluding steroid dienone is 2. The van der Waals surface area contributed by atoms with Crippen molar-refractivity contribution in [1.82, 2.24) is 10.6 Å². The van der Waals surface area contributed by atoms with Crippen molar-refractivity contribution in [1.29, 1.82) is 0 Å². The maximum atomic E-state index is 11.6. The van der Waals surface area contributed by atoms with Crippen molar-refractivity contribution < 1.29 is 14.4 Å². The molecule has 0 aliphatic rings. The van der Waals surface area contributed by atoms with E-state index in [9.17, 15) is 14.4 Å². The molecule has 0 rings (SSSR count). The van der Waals surface area contributed by atoms with E-state index in [1.165, 1.54) is 57.8 Å². The first-order valence-electron chi connectivity index (χ1n) is 10.4. The van der Waals surface area contributed by atoms with Crippen molar-refractivity contribution >= 4 is 18.1 Å². The molecule has 0 aliphatic carbocycles. The minimum Gasteiger partial charge on any atom is -0.356 e. The van der Waals surface area contributed by atoms with Gasteiger partial charge in [-0.1, -0.05) is 57.6 Å². The Hall–Kier alpha value is -1.65. The normalized spacial score (nSPS) is 10.8. The summed E-state index contributed by atoms with van der Waals surface area (Å²) in [6.45, 7) is 3.18. The summed E-state index contributed by atoms with van der Waals surface area (Å²) in [5, 5.41) is 5.27. The van der Waals surface area contributed by atoms with Crippen molar-refractivity contribution in [2.45, 2.75) is 90.4 Å². The highest BCUT2D eigenvalue weighted by Gasteiger charge is 2.01. The molecule has 0 saturated heterocycles. The van der Waals surface area contributed by atoms with Crippen LogP contribution in [-0.2, 0) is 14.4 Å². The molecule has 2 amide bonds. The number of aldehydes is 1. The van der Waals surface area contributed by atoms with Gasteiger partial charge in [-0.05, 0) is 38.5 Å². The number of carbonyl (C=O) groups is 3. The summed E-state index contributed by atoms with van der Waals surface area (Å²) in [5.74, 6) is -0.545. The summed E-state index contributed by atoms with van der Waals surface area (Å²) in [6, 6.07) is 0. The summed E-state index contributed by atoms with van der Waals surface area (Å²) < 4.78 is 0. The second-order valence-corrected chi connectivity index (χ2v) is 6.74. The van der Waals surface area contributed by atoms with Crippen LogP contribution in [0.1, 0.15) is 90.4 Å². The fourth-order valence-electron chi connectivity index (χ4n) is 2.66. The van der Waals surface area contributed by atoms with Gasteiger partial charge in [0.1, 0.15) is 0 Å². The smallest absolute Gasteiger partial charge is 0.284 e. The van der Waals surface area contributed by atoms with Crippen LogP contribution >= 0.6 is 0 Å². The van der Waals surface area contributed by atoms with Crippen molar-refractivity contribution in [2.24, 2.45) is 0 Å². The van der Waals surface area contributed by atoms with Crippen LogP contribution in [-0.4, -0.2) is 31.2 Å². The van der Waals surface area contributed by atoms with E-state index in [2.05, 4.69) is 29.7 Å². The molecule has 26 heavy (non-hydrogen) atoms. The lowest BCUT2D eigenvalue weighted by molar-refractivity contribution is -0.131. The van der Waals surface area contributed by atoms with E-state index in [1.54, 1.807) is 0 Å². The molecule has 0 radical (unpaired) electrons. The van der Waals surface area contributed by atoms with Gasteiger partial charge in [-0.2, -0.15) is 0 Å².